The van der Waals surface area contributed by atoms with Crippen LogP contribution < -0.4 is 0 Å². The molecule has 3 aromatic carbocycles. The van der Waals surface area contributed by atoms with Gasteiger partial charge in [0, 0.05) is 0 Å². The van der Waals surface area contributed by atoms with Gasteiger partial charge in [-0.1, -0.05) is 74.7 Å². The van der Waals surface area contributed by atoms with E-state index in [4.69, 9.17) is 11.6 Å². The van der Waals surface area contributed by atoms with Crippen molar-refractivity contribution in [1.29, 1.82) is 0 Å². The molecule has 0 nitrogen and oxygen atoms in total. The predicted molar refractivity (Wildman–Crippen MR) is 143 cm³/mol. The van der Waals surface area contributed by atoms with Crippen molar-refractivity contribution in [3.05, 3.63) is 103 Å². The molecule has 0 aliphatic heterocycles. The van der Waals surface area contributed by atoms with Crippen molar-refractivity contribution in [1.82, 2.24) is 0 Å². The zero-order valence-electron chi connectivity index (χ0n) is 19.0. The van der Waals surface area contributed by atoms with Crippen molar-refractivity contribution in [3.63, 3.8) is 0 Å². The van der Waals surface area contributed by atoms with E-state index in [1.165, 1.54) is 56.6 Å². The molecule has 0 N–H and O–H groups in total. The maximum atomic E-state index is 6.16. The van der Waals surface area contributed by atoms with E-state index in [-0.39, 0.29) is 39.7 Å². The fourth-order valence-corrected chi connectivity index (χ4v) is 3.47. The maximum absolute atomic E-state index is 6.16. The van der Waals surface area contributed by atoms with Crippen LogP contribution in [0, 0.1) is 26.8 Å². The average molecular weight is 569 g/mol. The summed E-state index contributed by atoms with van der Waals surface area (Å²) in [6, 6.07) is 20.6. The summed E-state index contributed by atoms with van der Waals surface area (Å²) < 4.78 is 0. The minimum atomic E-state index is 0. The summed E-state index contributed by atoms with van der Waals surface area (Å²) in [5.41, 5.74) is 6.73. The molecule has 0 aromatic heterocycles. The van der Waals surface area contributed by atoms with Gasteiger partial charge >= 0.3 is 30.2 Å². The van der Waals surface area contributed by atoms with E-state index in [1.807, 2.05) is 18.2 Å². The van der Waals surface area contributed by atoms with Gasteiger partial charge in [0.2, 0.25) is 0 Å². The number of hydrogen-bond acceptors (Lipinski definition) is 0. The van der Waals surface area contributed by atoms with Gasteiger partial charge in [-0.05, 0) is 5.02 Å². The van der Waals surface area contributed by atoms with Gasteiger partial charge in [0.05, 0.1) is 0 Å². The first-order chi connectivity index (χ1) is 13.0. The molecule has 0 spiro atoms. The normalized spacial score (nSPS) is 13.5. The third kappa shape index (κ3) is 8.75. The molecule has 1 aliphatic carbocycles. The van der Waals surface area contributed by atoms with Gasteiger partial charge in [-0.2, -0.15) is 11.1 Å². The first kappa shape index (κ1) is 35.1. The van der Waals surface area contributed by atoms with Gasteiger partial charge in [0.25, 0.3) is 0 Å². The molecule has 0 saturated heterocycles. The van der Waals surface area contributed by atoms with Gasteiger partial charge < -0.3 is 14.9 Å². The van der Waals surface area contributed by atoms with Crippen LogP contribution in [-0.2, 0) is 23.3 Å². The quantitative estimate of drug-likeness (QED) is 0.203. The molecule has 0 heterocycles. The zero-order chi connectivity index (χ0) is 20.0. The van der Waals surface area contributed by atoms with E-state index in [9.17, 15) is 0 Å². The van der Waals surface area contributed by atoms with Crippen molar-refractivity contribution >= 4 is 54.1 Å². The Morgan fingerprint density at radius 3 is 1.97 bits per heavy atom. The van der Waals surface area contributed by atoms with Crippen LogP contribution in [0.3, 0.4) is 0 Å². The molecule has 0 saturated carbocycles. The van der Waals surface area contributed by atoms with Crippen LogP contribution in [0.1, 0.15) is 27.7 Å². The molecule has 168 valence electrons. The number of fused-ring (bicyclic) bond motifs is 1. The molecule has 4 rings (SSSR count). The van der Waals surface area contributed by atoms with Crippen LogP contribution >= 0.6 is 36.4 Å². The molecule has 2 radical (unpaired) electrons. The molecule has 0 amide bonds. The van der Waals surface area contributed by atoms with Gasteiger partial charge in [-0.25, -0.2) is 5.57 Å². The number of allylic oxidation sites excluding steroid dienone is 4. The van der Waals surface area contributed by atoms with E-state index in [0.29, 0.717) is 5.92 Å². The summed E-state index contributed by atoms with van der Waals surface area (Å²) in [5.74, 6) is 0.560. The summed E-state index contributed by atoms with van der Waals surface area (Å²) in [6.07, 6.45) is 3.36. The van der Waals surface area contributed by atoms with Gasteiger partial charge in [0.1, 0.15) is 0 Å². The van der Waals surface area contributed by atoms with Gasteiger partial charge in [-0.3, -0.25) is 6.08 Å². The first-order valence-electron chi connectivity index (χ1n) is 8.91. The van der Waals surface area contributed by atoms with Crippen molar-refractivity contribution in [2.75, 3.05) is 0 Å². The number of benzene rings is 2. The molecule has 5 heteroatoms. The Hall–Kier alpha value is -0.500. The first-order valence-corrected chi connectivity index (χ1v) is 13.5. The van der Waals surface area contributed by atoms with Crippen LogP contribution in [0.5, 0.6) is 0 Å². The van der Waals surface area contributed by atoms with Gasteiger partial charge in [-0.15, -0.1) is 77.9 Å². The predicted octanol–water partition coefficient (Wildman–Crippen LogP) is 8.96. The van der Waals surface area contributed by atoms with E-state index in [1.54, 1.807) is 0 Å². The molecule has 3 aromatic rings. The van der Waals surface area contributed by atoms with E-state index in [0.717, 1.165) is 10.4 Å². The van der Waals surface area contributed by atoms with Crippen LogP contribution in [0.15, 0.2) is 77.4 Å². The van der Waals surface area contributed by atoms with E-state index in [2.05, 4.69) is 83.1 Å². The molecule has 1 unspecified atom stereocenters. The molecule has 1 atom stereocenters. The molecule has 0 bridgehead atoms. The second-order valence-corrected chi connectivity index (χ2v) is 7.02. The summed E-state index contributed by atoms with van der Waals surface area (Å²) >= 11 is 7.51. The second-order valence-electron chi connectivity index (χ2n) is 6.61. The Labute approximate surface area is 223 Å². The van der Waals surface area contributed by atoms with Crippen LogP contribution in [-0.4, -0.2) is 6.88 Å². The third-order valence-corrected chi connectivity index (χ3v) is 5.41. The van der Waals surface area contributed by atoms with E-state index >= 15 is 0 Å². The molecule has 1 aliphatic rings. The average Bonchev–Trinajstić information content (AvgIpc) is 3.23. The summed E-state index contributed by atoms with van der Waals surface area (Å²) in [7, 11) is 0. The SMILES string of the molecule is CC1=[C-]C(C)C(C)=C1C.Cl.Cl.Clc1cccc2c(-c3ccccc3)c[cH-]c12.[CH3-].[CH3-].[Si]=[Zr]. The Balaban J connectivity index is -0.000000460. The van der Waals surface area contributed by atoms with Crippen LogP contribution in [0.2, 0.25) is 5.02 Å². The van der Waals surface area contributed by atoms with Crippen molar-refractivity contribution in [2.45, 2.75) is 27.7 Å². The number of rotatable bonds is 1. The monoisotopic (exact) mass is 566 g/mol. The third-order valence-electron chi connectivity index (χ3n) is 5.08. The summed E-state index contributed by atoms with van der Waals surface area (Å²) in [6.45, 7) is 11.7. The van der Waals surface area contributed by atoms with Crippen molar-refractivity contribution in [2.24, 2.45) is 5.92 Å². The fraction of sp³-hybridized carbons (Fsp3) is 0.192. The van der Waals surface area contributed by atoms with Crippen LogP contribution in [0.25, 0.3) is 21.9 Å². The number of hydrogen-bond donors (Lipinski definition) is 0. The zero-order valence-corrected chi connectivity index (χ0v) is 24.9. The Bertz CT molecular complexity index is 975. The van der Waals surface area contributed by atoms with Crippen molar-refractivity contribution < 1.29 is 23.3 Å². The topological polar surface area (TPSA) is 0 Å². The summed E-state index contributed by atoms with van der Waals surface area (Å²) in [5, 5.41) is 3.17. The fourth-order valence-electron chi connectivity index (χ4n) is 3.23. The summed E-state index contributed by atoms with van der Waals surface area (Å²) in [4.78, 5) is 0. The van der Waals surface area contributed by atoms with Gasteiger partial charge in [0.15, 0.2) is 0 Å². The molecular weight excluding hydrogens is 538 g/mol. The van der Waals surface area contributed by atoms with Crippen LogP contribution in [0.4, 0.5) is 0 Å². The Morgan fingerprint density at radius 1 is 0.935 bits per heavy atom. The Kier molecular flexibility index (Phi) is 19.3. The molecule has 31 heavy (non-hydrogen) atoms. The standard InChI is InChI=1S/C15H10Cl.C9H13.2CH3.2ClH.Si.Zr/c16-15-8-4-7-13-12(9-10-14(13)15)11-5-2-1-3-6-11;1-6-5-7(2)9(4)8(6)3;;;;;;/h1-10H;6H,1-4H3;2*1H3;2*1H;;/q4*-1;;;;. The minimum absolute atomic E-state index is 0. The number of halogens is 3. The van der Waals surface area contributed by atoms with Crippen molar-refractivity contribution in [3.8, 4) is 11.1 Å². The molecular formula is C26H31Cl3SiZr-4. The Morgan fingerprint density at radius 2 is 1.52 bits per heavy atom. The van der Waals surface area contributed by atoms with E-state index < -0.39 is 0 Å². The molecule has 0 fully saturated rings. The second kappa shape index (κ2) is 17.0.